The number of nitrogens with zero attached hydrogens (tertiary/aromatic N) is 6. The van der Waals surface area contributed by atoms with E-state index in [0.29, 0.717) is 53.6 Å². The number of oxazole rings is 1. The molecule has 1 unspecified atom stereocenters. The minimum Gasteiger partial charge on any atom is -0.444 e. The van der Waals surface area contributed by atoms with Crippen LogP contribution in [-0.4, -0.2) is 118 Å². The molecule has 0 spiro atoms. The summed E-state index contributed by atoms with van der Waals surface area (Å²) < 4.78 is 46.2. The van der Waals surface area contributed by atoms with Gasteiger partial charge in [-0.3, -0.25) is 39.0 Å². The van der Waals surface area contributed by atoms with Crippen molar-refractivity contribution in [1.29, 1.82) is 0 Å². The number of amides is 6. The normalized spacial score (nSPS) is 15.9. The maximum atomic E-state index is 14.1. The number of anilines is 2. The standard InChI is InChI=1S/C45H45F2N9O9/c1-54(17-19-64-21-20-63-18-3-5-27-4-2-6-31-37(27)45(62)56(44(31)61)34-13-14-36(57)52-41(34)59)43(60)28-9-11-30(12-10-28)55-24-32(38(53-55)39(46)47)50-40(58)33-25-65-42(51-33)29-15-16-48-35(22-29)49-23-26-7-8-26/h2,4,6,9-12,15-16,22,24-26,34,39H,3,5,7-8,13-14,17-21,23H2,1H3,(H,48,49)(H,50,58)(H,52,57,59). The number of benzene rings is 2. The fourth-order valence-electron chi connectivity index (χ4n) is 7.47. The Bertz CT molecular complexity index is 2610. The Morgan fingerprint density at radius 2 is 1.77 bits per heavy atom. The number of aryl methyl sites for hydroxylation is 1. The smallest absolute Gasteiger partial charge is 0.284 e. The van der Waals surface area contributed by atoms with Gasteiger partial charge in [0, 0.05) is 50.5 Å². The van der Waals surface area contributed by atoms with E-state index in [0.717, 1.165) is 17.7 Å². The molecule has 1 atom stereocenters. The third-order valence-corrected chi connectivity index (χ3v) is 11.2. The Labute approximate surface area is 370 Å². The van der Waals surface area contributed by atoms with E-state index in [-0.39, 0.29) is 73.5 Å². The number of carbonyl (C=O) groups is 6. The highest BCUT2D eigenvalue weighted by molar-refractivity contribution is 6.24. The van der Waals surface area contributed by atoms with Crippen LogP contribution in [0.25, 0.3) is 17.1 Å². The van der Waals surface area contributed by atoms with Gasteiger partial charge in [-0.2, -0.15) is 5.10 Å². The summed E-state index contributed by atoms with van der Waals surface area (Å²) in [5, 5.41) is 11.9. The van der Waals surface area contributed by atoms with Crippen LogP contribution < -0.4 is 16.0 Å². The molecule has 2 aliphatic heterocycles. The van der Waals surface area contributed by atoms with Gasteiger partial charge in [0.25, 0.3) is 30.1 Å². The lowest BCUT2D eigenvalue weighted by molar-refractivity contribution is -0.136. The third-order valence-electron chi connectivity index (χ3n) is 11.2. The van der Waals surface area contributed by atoms with Gasteiger partial charge in [0.2, 0.25) is 17.7 Å². The lowest BCUT2D eigenvalue weighted by Crippen LogP contribution is -2.54. The zero-order valence-electron chi connectivity index (χ0n) is 35.3. The van der Waals surface area contributed by atoms with Gasteiger partial charge >= 0.3 is 0 Å². The van der Waals surface area contributed by atoms with Crippen molar-refractivity contribution in [2.24, 2.45) is 5.92 Å². The minimum absolute atomic E-state index is 0.0442. The number of likely N-dealkylation sites (N-methyl/N-ethyl adjacent to an activating group) is 1. The number of imide groups is 2. The monoisotopic (exact) mass is 893 g/mol. The van der Waals surface area contributed by atoms with Crippen LogP contribution in [0, 0.1) is 5.92 Å². The quantitative estimate of drug-likeness (QED) is 0.0687. The van der Waals surface area contributed by atoms with Crippen LogP contribution in [0.5, 0.6) is 0 Å². The van der Waals surface area contributed by atoms with Crippen molar-refractivity contribution in [1.82, 2.24) is 34.9 Å². The number of nitrogens with one attached hydrogen (secondary N) is 3. The highest BCUT2D eigenvalue weighted by Crippen LogP contribution is 2.32. The van der Waals surface area contributed by atoms with Gasteiger partial charge in [0.05, 0.1) is 48.5 Å². The second-order valence-electron chi connectivity index (χ2n) is 15.8. The van der Waals surface area contributed by atoms with Crippen LogP contribution in [0.3, 0.4) is 0 Å². The van der Waals surface area contributed by atoms with Crippen molar-refractivity contribution in [3.8, 4) is 17.1 Å². The van der Waals surface area contributed by atoms with Crippen LogP contribution in [0.15, 0.2) is 77.7 Å². The predicted molar refractivity (Wildman–Crippen MR) is 227 cm³/mol. The van der Waals surface area contributed by atoms with Crippen LogP contribution in [0.4, 0.5) is 20.3 Å². The second kappa shape index (κ2) is 19.7. The van der Waals surface area contributed by atoms with Gasteiger partial charge in [-0.05, 0) is 86.1 Å². The molecule has 5 heterocycles. The van der Waals surface area contributed by atoms with E-state index in [1.165, 1.54) is 28.6 Å². The van der Waals surface area contributed by atoms with Gasteiger partial charge < -0.3 is 29.4 Å². The minimum atomic E-state index is -3.01. The second-order valence-corrected chi connectivity index (χ2v) is 15.8. The van der Waals surface area contributed by atoms with Gasteiger partial charge in [-0.15, -0.1) is 0 Å². The first-order valence-corrected chi connectivity index (χ1v) is 21.1. The molecule has 0 radical (unpaired) electrons. The highest BCUT2D eigenvalue weighted by Gasteiger charge is 2.45. The van der Waals surface area contributed by atoms with Crippen LogP contribution in [0.1, 0.15) is 91.3 Å². The number of fused-ring (bicyclic) bond motifs is 1. The van der Waals surface area contributed by atoms with E-state index in [1.54, 1.807) is 67.8 Å². The summed E-state index contributed by atoms with van der Waals surface area (Å²) in [5.41, 5.74) is 1.48. The lowest BCUT2D eigenvalue weighted by Gasteiger charge is -2.27. The zero-order valence-corrected chi connectivity index (χ0v) is 35.3. The molecule has 1 aliphatic carbocycles. The first kappa shape index (κ1) is 44.4. The summed E-state index contributed by atoms with van der Waals surface area (Å²) in [6, 6.07) is 13.6. The fourth-order valence-corrected chi connectivity index (χ4v) is 7.47. The molecule has 1 saturated carbocycles. The maximum absolute atomic E-state index is 14.1. The third kappa shape index (κ3) is 10.3. The summed E-state index contributed by atoms with van der Waals surface area (Å²) >= 11 is 0. The first-order chi connectivity index (χ1) is 31.4. The molecule has 2 aromatic carbocycles. The van der Waals surface area contributed by atoms with Crippen molar-refractivity contribution in [3.63, 3.8) is 0 Å². The molecular weight excluding hydrogens is 849 g/mol. The molecule has 6 amide bonds. The van der Waals surface area contributed by atoms with Gasteiger partial charge in [0.15, 0.2) is 11.4 Å². The van der Waals surface area contributed by atoms with E-state index >= 15 is 0 Å². The average Bonchev–Trinajstić information content (AvgIpc) is 3.71. The first-order valence-electron chi connectivity index (χ1n) is 21.1. The van der Waals surface area contributed by atoms with Crippen LogP contribution in [0.2, 0.25) is 0 Å². The Kier molecular flexibility index (Phi) is 13.5. The Morgan fingerprint density at radius 1 is 0.985 bits per heavy atom. The van der Waals surface area contributed by atoms with E-state index in [9.17, 15) is 37.5 Å². The summed E-state index contributed by atoms with van der Waals surface area (Å²) in [4.78, 5) is 87.6. The maximum Gasteiger partial charge on any atom is 0.284 e. The number of halogens is 2. The molecule has 3 aliphatic rings. The summed E-state index contributed by atoms with van der Waals surface area (Å²) in [6.45, 7) is 2.22. The number of pyridine rings is 1. The van der Waals surface area contributed by atoms with Crippen molar-refractivity contribution in [2.75, 3.05) is 57.2 Å². The summed E-state index contributed by atoms with van der Waals surface area (Å²) in [5.74, 6) is -1.81. The Balaban J connectivity index is 0.757. The van der Waals surface area contributed by atoms with E-state index < -0.39 is 47.7 Å². The van der Waals surface area contributed by atoms with E-state index in [4.69, 9.17) is 13.9 Å². The molecule has 65 heavy (non-hydrogen) atoms. The number of alkyl halides is 2. The van der Waals surface area contributed by atoms with Crippen molar-refractivity contribution >= 4 is 46.9 Å². The molecule has 2 fully saturated rings. The van der Waals surface area contributed by atoms with Crippen LogP contribution >= 0.6 is 0 Å². The van der Waals surface area contributed by atoms with E-state index in [2.05, 4.69) is 31.0 Å². The fraction of sp³-hybridized carbons (Fsp3) is 0.356. The topological polar surface area (TPSA) is 220 Å². The number of rotatable bonds is 20. The number of hydrogen-bond acceptors (Lipinski definition) is 13. The van der Waals surface area contributed by atoms with Crippen molar-refractivity contribution in [2.45, 2.75) is 51.0 Å². The number of piperidine rings is 1. The van der Waals surface area contributed by atoms with E-state index in [1.807, 2.05) is 0 Å². The van der Waals surface area contributed by atoms with Crippen molar-refractivity contribution < 1.29 is 51.4 Å². The van der Waals surface area contributed by atoms with Gasteiger partial charge in [-0.25, -0.2) is 23.4 Å². The number of ether oxygens (including phenoxy) is 2. The Morgan fingerprint density at radius 3 is 2.52 bits per heavy atom. The molecule has 3 aromatic heterocycles. The molecule has 18 nitrogen and oxygen atoms in total. The highest BCUT2D eigenvalue weighted by atomic mass is 19.3. The van der Waals surface area contributed by atoms with Crippen molar-refractivity contribution in [3.05, 3.63) is 107 Å². The number of aromatic nitrogens is 4. The predicted octanol–water partition coefficient (Wildman–Crippen LogP) is 5.07. The van der Waals surface area contributed by atoms with Gasteiger partial charge in [0.1, 0.15) is 18.1 Å². The molecule has 8 rings (SSSR count). The zero-order chi connectivity index (χ0) is 45.6. The molecule has 1 saturated heterocycles. The summed E-state index contributed by atoms with van der Waals surface area (Å²) in [6.07, 6.45) is 4.49. The van der Waals surface area contributed by atoms with Gasteiger partial charge in [-0.1, -0.05) is 12.1 Å². The Hall–Kier alpha value is -7.19. The molecular formula is C45H45F2N9O9. The number of hydrogen-bond donors (Lipinski definition) is 3. The average molecular weight is 894 g/mol. The lowest BCUT2D eigenvalue weighted by atomic mass is 9.99. The van der Waals surface area contributed by atoms with Crippen LogP contribution in [-0.2, 0) is 25.5 Å². The molecule has 20 heteroatoms. The molecule has 338 valence electrons. The molecule has 0 bridgehead atoms. The SMILES string of the molecule is CN(CCOCCOCCCc1cccc2c1C(=O)N(C1CCC(=O)NC1=O)C2=O)C(=O)c1ccc(-n2cc(NC(=O)c3coc(-c4ccnc(NCC5CC5)c4)n3)c(C(F)F)n2)cc1. The summed E-state index contributed by atoms with van der Waals surface area (Å²) in [7, 11) is 1.62. The molecule has 5 aromatic rings. The molecule has 3 N–H and O–H groups in total. The number of carbonyl (C=O) groups excluding carboxylic acids is 6. The largest absolute Gasteiger partial charge is 0.444 e.